The number of hydrogen-bond donors (Lipinski definition) is 2. The molecule has 7 rings (SSSR count). The second kappa shape index (κ2) is 11.9. The van der Waals surface area contributed by atoms with E-state index in [1.165, 1.54) is 18.7 Å². The summed E-state index contributed by atoms with van der Waals surface area (Å²) < 4.78 is 9.42. The quantitative estimate of drug-likeness (QED) is 0.213. The average Bonchev–Trinajstić information content (AvgIpc) is 3.70. The molecule has 12 nitrogen and oxygen atoms in total. The van der Waals surface area contributed by atoms with Crippen molar-refractivity contribution in [2.45, 2.75) is 0 Å². The summed E-state index contributed by atoms with van der Waals surface area (Å²) in [5.41, 5.74) is 5.74. The van der Waals surface area contributed by atoms with Gasteiger partial charge in [-0.3, -0.25) is 4.79 Å². The Labute approximate surface area is 263 Å². The number of hydrogen-bond acceptors (Lipinski definition) is 9. The highest BCUT2D eigenvalue weighted by Gasteiger charge is 2.19. The molecule has 2 N–H and O–H groups in total. The Hall–Kier alpha value is -5.46. The first-order chi connectivity index (χ1) is 21.9. The number of carbonyl (C=O) groups is 1. The number of aromatic nitrogens is 6. The average molecular weight is 621 g/mol. The molecule has 1 aliphatic rings. The van der Waals surface area contributed by atoms with Crippen LogP contribution in [0.25, 0.3) is 22.3 Å². The fourth-order valence-electron chi connectivity index (χ4n) is 5.29. The van der Waals surface area contributed by atoms with Crippen molar-refractivity contribution in [1.29, 1.82) is 0 Å². The first kappa shape index (κ1) is 28.3. The summed E-state index contributed by atoms with van der Waals surface area (Å²) in [6.07, 6.45) is 7.96. The van der Waals surface area contributed by atoms with E-state index < -0.39 is 0 Å². The highest BCUT2D eigenvalue weighted by Crippen LogP contribution is 2.36. The van der Waals surface area contributed by atoms with E-state index in [0.29, 0.717) is 28.0 Å². The Balaban J connectivity index is 1.14. The molecule has 226 valence electrons. The van der Waals surface area contributed by atoms with Gasteiger partial charge in [0.1, 0.15) is 29.7 Å². The van der Waals surface area contributed by atoms with Crippen LogP contribution in [0.5, 0.6) is 11.5 Å². The lowest BCUT2D eigenvalue weighted by Crippen LogP contribution is -2.44. The number of anilines is 4. The van der Waals surface area contributed by atoms with Gasteiger partial charge in [-0.1, -0.05) is 24.2 Å². The molecule has 13 heteroatoms. The summed E-state index contributed by atoms with van der Waals surface area (Å²) in [7, 11) is 2.12. The number of amides is 1. The summed E-state index contributed by atoms with van der Waals surface area (Å²) in [5.74, 6) is 1.45. The van der Waals surface area contributed by atoms with Gasteiger partial charge >= 0.3 is 0 Å². The topological polar surface area (TPSA) is 117 Å². The predicted octanol–water partition coefficient (Wildman–Crippen LogP) is 5.50. The molecule has 1 fully saturated rings. The lowest BCUT2D eigenvalue weighted by atomic mass is 10.1. The summed E-state index contributed by atoms with van der Waals surface area (Å²) in [4.78, 5) is 25.6. The number of nitrogens with one attached hydrogen (secondary N) is 2. The molecule has 1 amide bonds. The van der Waals surface area contributed by atoms with Crippen molar-refractivity contribution in [3.05, 3.63) is 97.3 Å². The summed E-state index contributed by atoms with van der Waals surface area (Å²) >= 11 is 6.60. The Bertz CT molecular complexity index is 2050. The first-order valence-electron chi connectivity index (χ1n) is 14.3. The molecule has 1 saturated heterocycles. The summed E-state index contributed by atoms with van der Waals surface area (Å²) in [5, 5.41) is 15.3. The molecule has 45 heavy (non-hydrogen) atoms. The Morgan fingerprint density at radius 1 is 0.956 bits per heavy atom. The largest absolute Gasteiger partial charge is 0.456 e. The molecular weight excluding hydrogens is 592 g/mol. The van der Waals surface area contributed by atoms with E-state index in [0.717, 1.165) is 59.9 Å². The number of fused-ring (bicyclic) bond motifs is 2. The zero-order valence-electron chi connectivity index (χ0n) is 24.4. The third kappa shape index (κ3) is 5.88. The SMILES string of the molecule is C=CC(=O)Nc1cc(-c2cc3c(Nc4ccc(Oc5ccn6ncnc6c5)c(Cl)c4)ncnn3c2)ccc1N1CCN(C)CC1. The summed E-state index contributed by atoms with van der Waals surface area (Å²) in [6, 6.07) is 17.1. The summed E-state index contributed by atoms with van der Waals surface area (Å²) in [6.45, 7) is 7.29. The lowest BCUT2D eigenvalue weighted by molar-refractivity contribution is -0.111. The molecule has 0 saturated carbocycles. The van der Waals surface area contributed by atoms with Crippen LogP contribution in [0.2, 0.25) is 5.02 Å². The molecule has 4 aromatic heterocycles. The minimum Gasteiger partial charge on any atom is -0.456 e. The van der Waals surface area contributed by atoms with E-state index in [9.17, 15) is 4.79 Å². The number of nitrogens with zero attached hydrogens (tertiary/aromatic N) is 8. The minimum absolute atomic E-state index is 0.256. The second-order valence-corrected chi connectivity index (χ2v) is 11.1. The van der Waals surface area contributed by atoms with Crippen LogP contribution >= 0.6 is 11.6 Å². The Morgan fingerprint density at radius 3 is 2.60 bits per heavy atom. The van der Waals surface area contributed by atoms with E-state index >= 15 is 0 Å². The number of likely N-dealkylation sites (N-methyl/N-ethyl adjacent to an activating group) is 1. The number of rotatable bonds is 8. The minimum atomic E-state index is -0.256. The number of pyridine rings is 1. The highest BCUT2D eigenvalue weighted by atomic mass is 35.5. The van der Waals surface area contributed by atoms with E-state index in [4.69, 9.17) is 16.3 Å². The third-order valence-corrected chi connectivity index (χ3v) is 7.99. The van der Waals surface area contributed by atoms with Gasteiger partial charge in [0.05, 0.1) is 16.4 Å². The van der Waals surface area contributed by atoms with Gasteiger partial charge in [0.15, 0.2) is 11.5 Å². The lowest BCUT2D eigenvalue weighted by Gasteiger charge is -2.35. The van der Waals surface area contributed by atoms with Crippen LogP contribution in [-0.2, 0) is 4.79 Å². The smallest absolute Gasteiger partial charge is 0.247 e. The van der Waals surface area contributed by atoms with Crippen LogP contribution in [0.3, 0.4) is 0 Å². The molecule has 0 bridgehead atoms. The van der Waals surface area contributed by atoms with Crippen LogP contribution in [0.4, 0.5) is 22.9 Å². The van der Waals surface area contributed by atoms with E-state index in [1.807, 2.05) is 24.4 Å². The maximum absolute atomic E-state index is 12.3. The van der Waals surface area contributed by atoms with E-state index in [1.54, 1.807) is 39.5 Å². The first-order valence-corrected chi connectivity index (χ1v) is 14.7. The fourth-order valence-corrected chi connectivity index (χ4v) is 5.51. The molecule has 0 unspecified atom stereocenters. The van der Waals surface area contributed by atoms with Crippen LogP contribution in [0, 0.1) is 0 Å². The van der Waals surface area contributed by atoms with E-state index in [2.05, 4.69) is 66.4 Å². The van der Waals surface area contributed by atoms with Gasteiger partial charge < -0.3 is 25.2 Å². The maximum atomic E-state index is 12.3. The Kier molecular flexibility index (Phi) is 7.49. The van der Waals surface area contributed by atoms with Crippen molar-refractivity contribution in [2.24, 2.45) is 0 Å². The van der Waals surface area contributed by atoms with Gasteiger partial charge in [-0.25, -0.2) is 19.0 Å². The van der Waals surface area contributed by atoms with Gasteiger partial charge in [0, 0.05) is 55.9 Å². The third-order valence-electron chi connectivity index (χ3n) is 7.70. The fraction of sp³-hybridized carbons (Fsp3) is 0.156. The monoisotopic (exact) mass is 620 g/mol. The highest BCUT2D eigenvalue weighted by molar-refractivity contribution is 6.32. The normalized spacial score (nSPS) is 13.7. The van der Waals surface area contributed by atoms with Crippen LogP contribution in [-0.4, -0.2) is 73.2 Å². The van der Waals surface area contributed by atoms with Gasteiger partial charge in [-0.05, 0) is 61.2 Å². The van der Waals surface area contributed by atoms with Gasteiger partial charge in [-0.15, -0.1) is 0 Å². The molecule has 1 aliphatic heterocycles. The van der Waals surface area contributed by atoms with E-state index in [-0.39, 0.29) is 5.91 Å². The zero-order valence-corrected chi connectivity index (χ0v) is 25.1. The van der Waals surface area contributed by atoms with Crippen molar-refractivity contribution >= 4 is 51.6 Å². The number of benzene rings is 2. The molecule has 0 radical (unpaired) electrons. The van der Waals surface area contributed by atoms with Gasteiger partial charge in [-0.2, -0.15) is 10.2 Å². The molecule has 0 spiro atoms. The maximum Gasteiger partial charge on any atom is 0.247 e. The molecule has 5 heterocycles. The Morgan fingerprint density at radius 2 is 1.78 bits per heavy atom. The molecule has 0 aliphatic carbocycles. The van der Waals surface area contributed by atoms with Crippen molar-refractivity contribution < 1.29 is 9.53 Å². The van der Waals surface area contributed by atoms with Crippen molar-refractivity contribution in [2.75, 3.05) is 48.8 Å². The number of carbonyl (C=O) groups excluding carboxylic acids is 1. The number of ether oxygens (including phenoxy) is 1. The number of piperazine rings is 1. The van der Waals surface area contributed by atoms with Crippen molar-refractivity contribution in [1.82, 2.24) is 34.1 Å². The molecule has 6 aromatic rings. The predicted molar refractivity (Wildman–Crippen MR) is 175 cm³/mol. The van der Waals surface area contributed by atoms with Gasteiger partial charge in [0.2, 0.25) is 5.91 Å². The molecular formula is C32H29ClN10O2. The van der Waals surface area contributed by atoms with Crippen molar-refractivity contribution in [3.63, 3.8) is 0 Å². The van der Waals surface area contributed by atoms with Gasteiger partial charge in [0.25, 0.3) is 0 Å². The standard InChI is InChI=1S/C32H29ClN10O2/c1-3-31(44)39-26-14-21(4-6-27(26)41-12-10-40(2)11-13-41)22-15-28-32(35-20-37-43(28)18-22)38-23-5-7-29(25(33)16-23)45-24-8-9-42-30(17-24)34-19-36-42/h3-9,14-20H,1,10-13H2,2H3,(H,39,44)(H,35,37,38). The zero-order chi connectivity index (χ0) is 30.9. The van der Waals surface area contributed by atoms with Crippen LogP contribution < -0.4 is 20.3 Å². The second-order valence-electron chi connectivity index (χ2n) is 10.7. The number of halogens is 1. The van der Waals surface area contributed by atoms with Crippen LogP contribution in [0.15, 0.2) is 92.3 Å². The molecule has 0 atom stereocenters. The molecule has 2 aromatic carbocycles. The van der Waals surface area contributed by atoms with Crippen molar-refractivity contribution in [3.8, 4) is 22.6 Å². The van der Waals surface area contributed by atoms with Crippen LogP contribution in [0.1, 0.15) is 0 Å².